The van der Waals surface area contributed by atoms with Crippen molar-refractivity contribution < 1.29 is 4.79 Å². The summed E-state index contributed by atoms with van der Waals surface area (Å²) in [5.74, 6) is 0.442. The van der Waals surface area contributed by atoms with Crippen LogP contribution >= 0.6 is 45.2 Å². The summed E-state index contributed by atoms with van der Waals surface area (Å²) in [7, 11) is 0. The van der Waals surface area contributed by atoms with E-state index in [1.54, 1.807) is 0 Å². The van der Waals surface area contributed by atoms with Crippen LogP contribution in [0.2, 0.25) is 0 Å². The lowest BCUT2D eigenvalue weighted by Gasteiger charge is -2.28. The molecule has 0 saturated carbocycles. The molecule has 4 heteroatoms. The number of hydrogen-bond acceptors (Lipinski definition) is 1. The molecule has 0 aliphatic carbocycles. The number of amides is 1. The Balaban J connectivity index is 2.46. The van der Waals surface area contributed by atoms with Crippen LogP contribution < -0.4 is 5.32 Å². The van der Waals surface area contributed by atoms with E-state index in [0.29, 0.717) is 7.97 Å². The molecule has 0 radical (unpaired) electrons. The van der Waals surface area contributed by atoms with Gasteiger partial charge in [-0.3, -0.25) is 4.79 Å². The molecule has 1 heterocycles. The average Bonchev–Trinajstić information content (AvgIpc) is 1.94. The highest BCUT2D eigenvalue weighted by Gasteiger charge is 2.27. The molecule has 64 valence electrons. The minimum absolute atomic E-state index is 0.220. The molecule has 1 fully saturated rings. The second-order valence-electron chi connectivity index (χ2n) is 2.93. The van der Waals surface area contributed by atoms with E-state index in [2.05, 4.69) is 50.5 Å². The van der Waals surface area contributed by atoms with Crippen molar-refractivity contribution in [2.45, 2.75) is 27.7 Å². The van der Waals surface area contributed by atoms with Crippen LogP contribution in [0.25, 0.3) is 0 Å². The minimum Gasteiger partial charge on any atom is -0.351 e. The Labute approximate surface area is 94.2 Å². The summed E-state index contributed by atoms with van der Waals surface area (Å²) in [6, 6.07) is 0.389. The predicted octanol–water partition coefficient (Wildman–Crippen LogP) is 2.10. The Bertz CT molecular complexity index is 161. The second-order valence-corrected chi connectivity index (χ2v) is 8.00. The van der Waals surface area contributed by atoms with Crippen molar-refractivity contribution in [1.82, 2.24) is 5.32 Å². The third kappa shape index (κ3) is 2.71. The molecule has 2 atom stereocenters. The zero-order valence-corrected chi connectivity index (χ0v) is 10.6. The van der Waals surface area contributed by atoms with Gasteiger partial charge in [-0.05, 0) is 12.8 Å². The fourth-order valence-corrected chi connectivity index (χ4v) is 2.23. The Hall–Kier alpha value is 0.930. The zero-order chi connectivity index (χ0) is 8.43. The highest BCUT2D eigenvalue weighted by molar-refractivity contribution is 14.2. The first-order valence-electron chi connectivity index (χ1n) is 3.70. The molecule has 1 amide bonds. The Morgan fingerprint density at radius 2 is 2.18 bits per heavy atom. The van der Waals surface area contributed by atoms with Crippen LogP contribution in [0.15, 0.2) is 0 Å². The predicted molar refractivity (Wildman–Crippen MR) is 62.2 cm³/mol. The van der Waals surface area contributed by atoms with Crippen molar-refractivity contribution in [2.24, 2.45) is 5.92 Å². The van der Waals surface area contributed by atoms with E-state index < -0.39 is 0 Å². The molecule has 1 aliphatic heterocycles. The van der Waals surface area contributed by atoms with Gasteiger partial charge in [-0.2, -0.15) is 0 Å². The van der Waals surface area contributed by atoms with E-state index in [-0.39, 0.29) is 11.8 Å². The number of halogens is 2. The summed E-state index contributed by atoms with van der Waals surface area (Å²) in [5.41, 5.74) is 0. The van der Waals surface area contributed by atoms with Gasteiger partial charge in [-0.1, -0.05) is 52.1 Å². The smallest absolute Gasteiger partial charge is 0.223 e. The first kappa shape index (κ1) is 10.0. The maximum atomic E-state index is 11.2. The van der Waals surface area contributed by atoms with E-state index >= 15 is 0 Å². The van der Waals surface area contributed by atoms with Crippen LogP contribution in [0.3, 0.4) is 0 Å². The SMILES string of the molecule is C[C@H]1CC[C@@H](C(I)I)NC1=O. The monoisotopic (exact) mass is 379 g/mol. The number of rotatable bonds is 1. The van der Waals surface area contributed by atoms with Gasteiger partial charge in [-0.15, -0.1) is 0 Å². The van der Waals surface area contributed by atoms with Gasteiger partial charge in [0.1, 0.15) is 0 Å². The fraction of sp³-hybridized carbons (Fsp3) is 0.857. The minimum atomic E-state index is 0.220. The van der Waals surface area contributed by atoms with Crippen LogP contribution in [0.1, 0.15) is 19.8 Å². The lowest BCUT2D eigenvalue weighted by molar-refractivity contribution is -0.126. The van der Waals surface area contributed by atoms with E-state index in [4.69, 9.17) is 0 Å². The van der Waals surface area contributed by atoms with Crippen molar-refractivity contribution in [3.05, 3.63) is 0 Å². The quantitative estimate of drug-likeness (QED) is 0.549. The lowest BCUT2D eigenvalue weighted by atomic mass is 9.97. The number of hydrogen-bond donors (Lipinski definition) is 1. The van der Waals surface area contributed by atoms with E-state index in [1.807, 2.05) is 6.92 Å². The Morgan fingerprint density at radius 3 is 2.64 bits per heavy atom. The Morgan fingerprint density at radius 1 is 1.55 bits per heavy atom. The van der Waals surface area contributed by atoms with Crippen molar-refractivity contribution in [3.8, 4) is 0 Å². The maximum Gasteiger partial charge on any atom is 0.223 e. The fourth-order valence-electron chi connectivity index (χ4n) is 1.15. The van der Waals surface area contributed by atoms with Crippen LogP contribution in [0.4, 0.5) is 0 Å². The molecule has 11 heavy (non-hydrogen) atoms. The molecule has 0 bridgehead atoms. The van der Waals surface area contributed by atoms with Gasteiger partial charge in [0, 0.05) is 12.0 Å². The van der Waals surface area contributed by atoms with Gasteiger partial charge in [0.2, 0.25) is 5.91 Å². The van der Waals surface area contributed by atoms with Crippen LogP contribution in [0.5, 0.6) is 0 Å². The van der Waals surface area contributed by atoms with Crippen molar-refractivity contribution >= 4 is 51.1 Å². The molecule has 0 aromatic heterocycles. The maximum absolute atomic E-state index is 11.2. The van der Waals surface area contributed by atoms with E-state index in [0.717, 1.165) is 12.8 Å². The molecule has 1 N–H and O–H groups in total. The van der Waals surface area contributed by atoms with Crippen molar-refractivity contribution in [3.63, 3.8) is 0 Å². The number of carbonyl (C=O) groups excluding carboxylic acids is 1. The lowest BCUT2D eigenvalue weighted by Crippen LogP contribution is -2.45. The molecule has 1 aliphatic rings. The summed E-state index contributed by atoms with van der Waals surface area (Å²) < 4.78 is 0.515. The summed E-state index contributed by atoms with van der Waals surface area (Å²) in [6.07, 6.45) is 2.17. The normalized spacial score (nSPS) is 32.2. The van der Waals surface area contributed by atoms with Gasteiger partial charge in [-0.25, -0.2) is 0 Å². The van der Waals surface area contributed by atoms with Gasteiger partial charge in [0.15, 0.2) is 0 Å². The molecular weight excluding hydrogens is 368 g/mol. The molecule has 0 spiro atoms. The topological polar surface area (TPSA) is 29.1 Å². The zero-order valence-electron chi connectivity index (χ0n) is 6.31. The first-order chi connectivity index (χ1) is 5.11. The molecular formula is C7H11I2NO. The number of piperidine rings is 1. The van der Waals surface area contributed by atoms with Crippen LogP contribution in [-0.4, -0.2) is 13.9 Å². The van der Waals surface area contributed by atoms with Gasteiger partial charge >= 0.3 is 0 Å². The van der Waals surface area contributed by atoms with E-state index in [9.17, 15) is 4.79 Å². The van der Waals surface area contributed by atoms with E-state index in [1.165, 1.54) is 0 Å². The first-order valence-corrected chi connectivity index (χ1v) is 6.19. The summed E-state index contributed by atoms with van der Waals surface area (Å²) in [6.45, 7) is 1.99. The number of carbonyl (C=O) groups is 1. The molecule has 0 unspecified atom stereocenters. The molecule has 1 saturated heterocycles. The van der Waals surface area contributed by atoms with Gasteiger partial charge < -0.3 is 5.32 Å². The highest BCUT2D eigenvalue weighted by Crippen LogP contribution is 2.24. The number of nitrogens with one attached hydrogen (secondary N) is 1. The summed E-state index contributed by atoms with van der Waals surface area (Å²) in [5, 5.41) is 3.01. The molecule has 0 aromatic carbocycles. The average molecular weight is 379 g/mol. The third-order valence-corrected chi connectivity index (χ3v) is 3.73. The second kappa shape index (κ2) is 4.25. The summed E-state index contributed by atoms with van der Waals surface area (Å²) >= 11 is 4.70. The highest BCUT2D eigenvalue weighted by atomic mass is 127. The standard InChI is InChI=1S/C7H11I2NO/c1-4-2-3-5(6(8)9)10-7(4)11/h4-6H,2-3H2,1H3,(H,10,11)/t4-,5-/m0/s1. The van der Waals surface area contributed by atoms with Gasteiger partial charge in [0.25, 0.3) is 0 Å². The van der Waals surface area contributed by atoms with Gasteiger partial charge in [0.05, 0.1) is 1.93 Å². The third-order valence-electron chi connectivity index (χ3n) is 1.99. The van der Waals surface area contributed by atoms with Crippen LogP contribution in [-0.2, 0) is 4.79 Å². The molecule has 2 nitrogen and oxygen atoms in total. The van der Waals surface area contributed by atoms with Crippen LogP contribution in [0, 0.1) is 5.92 Å². The largest absolute Gasteiger partial charge is 0.351 e. The molecule has 0 aromatic rings. The number of alkyl halides is 2. The van der Waals surface area contributed by atoms with Crippen molar-refractivity contribution in [2.75, 3.05) is 0 Å². The summed E-state index contributed by atoms with van der Waals surface area (Å²) in [4.78, 5) is 11.2. The Kier molecular flexibility index (Phi) is 3.87. The molecule has 1 rings (SSSR count). The van der Waals surface area contributed by atoms with Crippen molar-refractivity contribution in [1.29, 1.82) is 0 Å².